The van der Waals surface area contributed by atoms with Crippen LogP contribution in [0.2, 0.25) is 0 Å². The molecule has 1 saturated carbocycles. The molecule has 0 aliphatic heterocycles. The van der Waals surface area contributed by atoms with Gasteiger partial charge in [0.1, 0.15) is 5.69 Å². The van der Waals surface area contributed by atoms with Crippen LogP contribution in [-0.2, 0) is 11.6 Å². The van der Waals surface area contributed by atoms with Gasteiger partial charge in [-0.3, -0.25) is 4.98 Å². The molecule has 1 aliphatic rings. The number of rotatable bonds is 2. The number of pyridine rings is 1. The maximum absolute atomic E-state index is 12.7. The highest BCUT2D eigenvalue weighted by molar-refractivity contribution is 5.33. The predicted octanol–water partition coefficient (Wildman–Crippen LogP) is 2.51. The zero-order chi connectivity index (χ0) is 11.8. The van der Waals surface area contributed by atoms with Crippen molar-refractivity contribution in [1.82, 2.24) is 4.98 Å². The number of aliphatic hydroxyl groups excluding tert-OH is 1. The summed E-state index contributed by atoms with van der Waals surface area (Å²) < 4.78 is 38.2. The van der Waals surface area contributed by atoms with Crippen LogP contribution in [0, 0.1) is 0 Å². The molecule has 0 spiro atoms. The number of aromatic nitrogens is 1. The fraction of sp³-hybridized carbons (Fsp3) is 0.545. The fourth-order valence-electron chi connectivity index (χ4n) is 2.18. The lowest BCUT2D eigenvalue weighted by atomic mass is 9.64. The van der Waals surface area contributed by atoms with Crippen LogP contribution in [0.3, 0.4) is 0 Å². The second-order valence-electron chi connectivity index (χ2n) is 4.19. The molecule has 0 atom stereocenters. The smallest absolute Gasteiger partial charge is 0.395 e. The average molecular weight is 231 g/mol. The molecule has 0 saturated heterocycles. The van der Waals surface area contributed by atoms with Gasteiger partial charge >= 0.3 is 6.18 Å². The van der Waals surface area contributed by atoms with Crippen molar-refractivity contribution in [3.05, 3.63) is 29.6 Å². The van der Waals surface area contributed by atoms with Gasteiger partial charge in [-0.25, -0.2) is 0 Å². The highest BCUT2D eigenvalue weighted by atomic mass is 19.4. The Kier molecular flexibility index (Phi) is 2.66. The molecule has 1 N–H and O–H groups in total. The highest BCUT2D eigenvalue weighted by Crippen LogP contribution is 2.46. The van der Waals surface area contributed by atoms with Gasteiger partial charge in [-0.1, -0.05) is 12.5 Å². The van der Waals surface area contributed by atoms with Gasteiger partial charge in [-0.15, -0.1) is 0 Å². The molecule has 0 unspecified atom stereocenters. The number of hydrogen-bond acceptors (Lipinski definition) is 2. The summed E-state index contributed by atoms with van der Waals surface area (Å²) in [4.78, 5) is 3.41. The van der Waals surface area contributed by atoms with Crippen LogP contribution in [0.1, 0.15) is 30.5 Å². The Morgan fingerprint density at radius 3 is 2.50 bits per heavy atom. The molecule has 2 nitrogen and oxygen atoms in total. The molecule has 0 bridgehead atoms. The fourth-order valence-corrected chi connectivity index (χ4v) is 2.18. The molecule has 1 aromatic rings. The maximum atomic E-state index is 12.7. The van der Waals surface area contributed by atoms with Gasteiger partial charge < -0.3 is 5.11 Å². The predicted molar refractivity (Wildman–Crippen MR) is 51.9 cm³/mol. The Hall–Kier alpha value is -1.10. The molecule has 0 aromatic carbocycles. The van der Waals surface area contributed by atoms with Crippen molar-refractivity contribution < 1.29 is 18.3 Å². The standard InChI is InChI=1S/C11H12F3NO/c12-11(13,14)9-8(3-1-6-15-9)10(7-16)4-2-5-10/h1,3,6,16H,2,4-5,7H2. The van der Waals surface area contributed by atoms with Crippen LogP contribution in [-0.4, -0.2) is 16.7 Å². The van der Waals surface area contributed by atoms with Crippen LogP contribution in [0.4, 0.5) is 13.2 Å². The van der Waals surface area contributed by atoms with E-state index >= 15 is 0 Å². The molecule has 1 heterocycles. The molecule has 1 fully saturated rings. The summed E-state index contributed by atoms with van der Waals surface area (Å²) in [6, 6.07) is 2.91. The van der Waals surface area contributed by atoms with Gasteiger partial charge in [-0.2, -0.15) is 13.2 Å². The van der Waals surface area contributed by atoms with Crippen molar-refractivity contribution in [3.63, 3.8) is 0 Å². The van der Waals surface area contributed by atoms with Crippen molar-refractivity contribution in [2.45, 2.75) is 30.9 Å². The summed E-state index contributed by atoms with van der Waals surface area (Å²) in [5.74, 6) is 0. The molecular formula is C11H12F3NO. The lowest BCUT2D eigenvalue weighted by molar-refractivity contribution is -0.143. The van der Waals surface area contributed by atoms with Crippen molar-refractivity contribution in [2.75, 3.05) is 6.61 Å². The van der Waals surface area contributed by atoms with Crippen LogP contribution >= 0.6 is 0 Å². The Morgan fingerprint density at radius 2 is 2.06 bits per heavy atom. The minimum Gasteiger partial charge on any atom is -0.395 e. The van der Waals surface area contributed by atoms with Gasteiger partial charge in [0.05, 0.1) is 6.61 Å². The second kappa shape index (κ2) is 3.73. The summed E-state index contributed by atoms with van der Waals surface area (Å²) in [5, 5.41) is 9.29. The van der Waals surface area contributed by atoms with E-state index < -0.39 is 17.3 Å². The Bertz CT molecular complexity index is 380. The van der Waals surface area contributed by atoms with Crippen LogP contribution in [0.25, 0.3) is 0 Å². The topological polar surface area (TPSA) is 33.1 Å². The first kappa shape index (κ1) is 11.4. The van der Waals surface area contributed by atoms with E-state index in [9.17, 15) is 18.3 Å². The van der Waals surface area contributed by atoms with Gasteiger partial charge in [0.2, 0.25) is 0 Å². The first-order chi connectivity index (χ1) is 7.49. The Morgan fingerprint density at radius 1 is 1.38 bits per heavy atom. The quantitative estimate of drug-likeness (QED) is 0.848. The summed E-state index contributed by atoms with van der Waals surface area (Å²) in [6.45, 7) is -0.248. The molecule has 5 heteroatoms. The van der Waals surface area contributed by atoms with Crippen LogP contribution in [0.15, 0.2) is 18.3 Å². The summed E-state index contributed by atoms with van der Waals surface area (Å²) in [7, 11) is 0. The van der Waals surface area contributed by atoms with Crippen molar-refractivity contribution in [3.8, 4) is 0 Å². The van der Waals surface area contributed by atoms with Gasteiger partial charge in [-0.05, 0) is 24.5 Å². The molecule has 0 amide bonds. The number of alkyl halides is 3. The number of halogens is 3. The van der Waals surface area contributed by atoms with E-state index in [4.69, 9.17) is 0 Å². The summed E-state index contributed by atoms with van der Waals surface area (Å²) >= 11 is 0. The third kappa shape index (κ3) is 1.69. The first-order valence-electron chi connectivity index (χ1n) is 5.13. The molecular weight excluding hydrogens is 219 g/mol. The van der Waals surface area contributed by atoms with E-state index in [1.165, 1.54) is 12.1 Å². The molecule has 16 heavy (non-hydrogen) atoms. The van der Waals surface area contributed by atoms with Gasteiger partial charge in [0, 0.05) is 11.6 Å². The molecule has 0 radical (unpaired) electrons. The lowest BCUT2D eigenvalue weighted by Gasteiger charge is -2.41. The molecule has 1 aliphatic carbocycles. The SMILES string of the molecule is OCC1(c2cccnc2C(F)(F)F)CCC1. The highest BCUT2D eigenvalue weighted by Gasteiger charge is 2.45. The molecule has 1 aromatic heterocycles. The second-order valence-corrected chi connectivity index (χ2v) is 4.19. The molecule has 2 rings (SSSR count). The largest absolute Gasteiger partial charge is 0.433 e. The lowest BCUT2D eigenvalue weighted by Crippen LogP contribution is -2.40. The number of hydrogen-bond donors (Lipinski definition) is 1. The van der Waals surface area contributed by atoms with E-state index in [-0.39, 0.29) is 12.2 Å². The van der Waals surface area contributed by atoms with Gasteiger partial charge in [0.25, 0.3) is 0 Å². The van der Waals surface area contributed by atoms with E-state index in [1.807, 2.05) is 0 Å². The van der Waals surface area contributed by atoms with Crippen molar-refractivity contribution >= 4 is 0 Å². The summed E-state index contributed by atoms with van der Waals surface area (Å²) in [6.07, 6.45) is -1.27. The zero-order valence-electron chi connectivity index (χ0n) is 8.59. The van der Waals surface area contributed by atoms with Crippen LogP contribution < -0.4 is 0 Å². The van der Waals surface area contributed by atoms with E-state index in [0.29, 0.717) is 12.8 Å². The zero-order valence-corrected chi connectivity index (χ0v) is 8.59. The van der Waals surface area contributed by atoms with E-state index in [1.54, 1.807) is 0 Å². The van der Waals surface area contributed by atoms with E-state index in [0.717, 1.165) is 12.6 Å². The maximum Gasteiger partial charge on any atom is 0.433 e. The third-order valence-electron chi connectivity index (χ3n) is 3.26. The third-order valence-corrected chi connectivity index (χ3v) is 3.26. The minimum atomic E-state index is -4.45. The normalized spacial score (nSPS) is 19.2. The first-order valence-corrected chi connectivity index (χ1v) is 5.13. The average Bonchev–Trinajstić information content (AvgIpc) is 2.16. The monoisotopic (exact) mass is 231 g/mol. The minimum absolute atomic E-state index is 0.135. The summed E-state index contributed by atoms with van der Waals surface area (Å²) in [5.41, 5.74) is -1.45. The van der Waals surface area contributed by atoms with E-state index in [2.05, 4.69) is 4.98 Å². The number of aliphatic hydroxyl groups is 1. The Labute approximate surface area is 91.1 Å². The number of nitrogens with zero attached hydrogens (tertiary/aromatic N) is 1. The van der Waals surface area contributed by atoms with Gasteiger partial charge in [0.15, 0.2) is 0 Å². The van der Waals surface area contributed by atoms with Crippen LogP contribution in [0.5, 0.6) is 0 Å². The van der Waals surface area contributed by atoms with Crippen molar-refractivity contribution in [1.29, 1.82) is 0 Å². The Balaban J connectivity index is 2.48. The molecule has 88 valence electrons. The van der Waals surface area contributed by atoms with Crippen molar-refractivity contribution in [2.24, 2.45) is 0 Å².